The van der Waals surface area contributed by atoms with Crippen molar-refractivity contribution in [2.75, 3.05) is 13.1 Å². The largest absolute Gasteiger partial charge is 0.298 e. The molecule has 0 saturated heterocycles. The molecule has 2 heteroatoms. The van der Waals surface area contributed by atoms with Gasteiger partial charge in [-0.2, -0.15) is 0 Å². The first-order valence-electron chi connectivity index (χ1n) is 12.9. The Morgan fingerprint density at radius 2 is 1.61 bits per heavy atom. The number of pyridine rings is 1. The molecule has 33 heavy (non-hydrogen) atoms. The van der Waals surface area contributed by atoms with Gasteiger partial charge in [0.2, 0.25) is 0 Å². The van der Waals surface area contributed by atoms with Gasteiger partial charge in [-0.05, 0) is 85.8 Å². The molecule has 1 heterocycles. The van der Waals surface area contributed by atoms with Crippen LogP contribution in [0.1, 0.15) is 66.6 Å². The van der Waals surface area contributed by atoms with Crippen molar-refractivity contribution >= 4 is 0 Å². The maximum atomic E-state index is 5.18. The summed E-state index contributed by atoms with van der Waals surface area (Å²) in [4.78, 5) is 7.86. The molecule has 0 bridgehead atoms. The molecule has 0 radical (unpaired) electrons. The summed E-state index contributed by atoms with van der Waals surface area (Å²) in [5.74, 6) is 0.872. The first-order valence-corrected chi connectivity index (χ1v) is 12.9. The van der Waals surface area contributed by atoms with E-state index in [0.29, 0.717) is 0 Å². The Labute approximate surface area is 201 Å². The quantitative estimate of drug-likeness (QED) is 0.328. The van der Waals surface area contributed by atoms with Crippen molar-refractivity contribution in [1.82, 2.24) is 9.88 Å². The smallest absolute Gasteiger partial charge is 0.0713 e. The second kappa shape index (κ2) is 11.1. The van der Waals surface area contributed by atoms with Crippen LogP contribution in [0.3, 0.4) is 0 Å². The second-order valence-corrected chi connectivity index (χ2v) is 9.81. The fourth-order valence-corrected chi connectivity index (χ4v) is 5.23. The Balaban J connectivity index is 1.58. The van der Waals surface area contributed by atoms with Gasteiger partial charge in [0.05, 0.1) is 5.69 Å². The molecule has 1 fully saturated rings. The summed E-state index contributed by atoms with van der Waals surface area (Å²) in [6, 6.07) is 20.0. The maximum absolute atomic E-state index is 5.18. The second-order valence-electron chi connectivity index (χ2n) is 9.81. The standard InChI is InChI=1S/C31H40N2/c1-5-27-16-11-17-28(6-2)31(27)30-20-23(3)29(24(4)32-30)22-33(21-26-14-10-15-26)19-18-25-12-8-7-9-13-25/h7-9,11-13,16-17,20,26H,5-6,10,14-15,18-19,21-22H2,1-4H3. The van der Waals surface area contributed by atoms with Crippen molar-refractivity contribution in [3.05, 3.63) is 88.1 Å². The molecule has 1 aromatic heterocycles. The lowest BCUT2D eigenvalue weighted by Crippen LogP contribution is -2.34. The third-order valence-corrected chi connectivity index (χ3v) is 7.49. The van der Waals surface area contributed by atoms with Crippen LogP contribution in [-0.4, -0.2) is 23.0 Å². The molecular weight excluding hydrogens is 400 g/mol. The van der Waals surface area contributed by atoms with Gasteiger partial charge in [0.15, 0.2) is 0 Å². The summed E-state index contributed by atoms with van der Waals surface area (Å²) >= 11 is 0. The van der Waals surface area contributed by atoms with E-state index in [0.717, 1.165) is 44.0 Å². The van der Waals surface area contributed by atoms with Gasteiger partial charge < -0.3 is 0 Å². The summed E-state index contributed by atoms with van der Waals surface area (Å²) < 4.78 is 0. The van der Waals surface area contributed by atoms with Crippen molar-refractivity contribution in [3.8, 4) is 11.3 Å². The summed E-state index contributed by atoms with van der Waals surface area (Å²) in [6.07, 6.45) is 7.39. The SMILES string of the molecule is CCc1cccc(CC)c1-c1cc(C)c(CN(CCc2ccccc2)CC2CCC2)c(C)n1. The highest BCUT2D eigenvalue weighted by Crippen LogP contribution is 2.31. The van der Waals surface area contributed by atoms with Crippen LogP contribution in [0, 0.1) is 19.8 Å². The average molecular weight is 441 g/mol. The van der Waals surface area contributed by atoms with E-state index in [1.165, 1.54) is 64.9 Å². The Morgan fingerprint density at radius 3 is 2.18 bits per heavy atom. The van der Waals surface area contributed by atoms with Gasteiger partial charge in [-0.1, -0.05) is 68.8 Å². The molecule has 0 spiro atoms. The minimum Gasteiger partial charge on any atom is -0.298 e. The zero-order chi connectivity index (χ0) is 23.2. The zero-order valence-corrected chi connectivity index (χ0v) is 21.0. The number of nitrogens with zero attached hydrogens (tertiary/aromatic N) is 2. The predicted octanol–water partition coefficient (Wildman–Crippen LogP) is 7.34. The molecule has 1 aliphatic carbocycles. The summed E-state index contributed by atoms with van der Waals surface area (Å²) in [7, 11) is 0. The van der Waals surface area contributed by atoms with Crippen LogP contribution in [0.4, 0.5) is 0 Å². The lowest BCUT2D eigenvalue weighted by atomic mass is 9.85. The molecule has 1 saturated carbocycles. The highest BCUT2D eigenvalue weighted by Gasteiger charge is 2.22. The van der Waals surface area contributed by atoms with Gasteiger partial charge in [0.1, 0.15) is 0 Å². The van der Waals surface area contributed by atoms with Crippen molar-refractivity contribution in [3.63, 3.8) is 0 Å². The molecule has 2 nitrogen and oxygen atoms in total. The van der Waals surface area contributed by atoms with Crippen molar-refractivity contribution in [2.45, 2.75) is 72.8 Å². The van der Waals surface area contributed by atoms with Crippen molar-refractivity contribution in [2.24, 2.45) is 5.92 Å². The van der Waals surface area contributed by atoms with E-state index < -0.39 is 0 Å². The summed E-state index contributed by atoms with van der Waals surface area (Å²) in [5, 5.41) is 0. The Morgan fingerprint density at radius 1 is 0.909 bits per heavy atom. The van der Waals surface area contributed by atoms with Crippen molar-refractivity contribution in [1.29, 1.82) is 0 Å². The predicted molar refractivity (Wildman–Crippen MR) is 141 cm³/mol. The Kier molecular flexibility index (Phi) is 7.98. The fourth-order valence-electron chi connectivity index (χ4n) is 5.23. The molecule has 0 aliphatic heterocycles. The average Bonchev–Trinajstić information content (AvgIpc) is 2.81. The van der Waals surface area contributed by atoms with E-state index in [-0.39, 0.29) is 0 Å². The van der Waals surface area contributed by atoms with E-state index in [1.54, 1.807) is 0 Å². The molecule has 4 rings (SSSR count). The Hall–Kier alpha value is -2.45. The van der Waals surface area contributed by atoms with Crippen LogP contribution >= 0.6 is 0 Å². The molecule has 0 unspecified atom stereocenters. The third kappa shape index (κ3) is 5.73. The van der Waals surface area contributed by atoms with Gasteiger partial charge in [-0.25, -0.2) is 0 Å². The highest BCUT2D eigenvalue weighted by molar-refractivity contribution is 5.69. The number of hydrogen-bond donors (Lipinski definition) is 0. The van der Waals surface area contributed by atoms with E-state index in [9.17, 15) is 0 Å². The molecule has 0 N–H and O–H groups in total. The molecule has 174 valence electrons. The topological polar surface area (TPSA) is 16.1 Å². The number of rotatable bonds is 10. The van der Waals surface area contributed by atoms with Gasteiger partial charge in [-0.3, -0.25) is 9.88 Å². The van der Waals surface area contributed by atoms with Gasteiger partial charge in [-0.15, -0.1) is 0 Å². The normalized spacial score (nSPS) is 14.0. The highest BCUT2D eigenvalue weighted by atomic mass is 15.1. The molecule has 0 amide bonds. The monoisotopic (exact) mass is 440 g/mol. The minimum absolute atomic E-state index is 0.872. The molecule has 1 aliphatic rings. The fraction of sp³-hybridized carbons (Fsp3) is 0.452. The number of benzene rings is 2. The van der Waals surface area contributed by atoms with Crippen LogP contribution in [-0.2, 0) is 25.8 Å². The number of hydrogen-bond acceptors (Lipinski definition) is 2. The van der Waals surface area contributed by atoms with Crippen LogP contribution < -0.4 is 0 Å². The lowest BCUT2D eigenvalue weighted by Gasteiger charge is -2.33. The van der Waals surface area contributed by atoms with Crippen LogP contribution in [0.5, 0.6) is 0 Å². The molecule has 0 atom stereocenters. The van der Waals surface area contributed by atoms with E-state index in [4.69, 9.17) is 4.98 Å². The maximum Gasteiger partial charge on any atom is 0.0713 e. The number of aryl methyl sites for hydroxylation is 4. The van der Waals surface area contributed by atoms with Crippen molar-refractivity contribution < 1.29 is 0 Å². The van der Waals surface area contributed by atoms with Crippen LogP contribution in [0.2, 0.25) is 0 Å². The van der Waals surface area contributed by atoms with Crippen LogP contribution in [0.25, 0.3) is 11.3 Å². The summed E-state index contributed by atoms with van der Waals surface area (Å²) in [6.45, 7) is 12.3. The van der Waals surface area contributed by atoms with E-state index >= 15 is 0 Å². The first-order chi connectivity index (χ1) is 16.1. The Bertz CT molecular complexity index is 1000. The van der Waals surface area contributed by atoms with E-state index in [1.807, 2.05) is 0 Å². The molecule has 3 aromatic rings. The number of aromatic nitrogens is 1. The van der Waals surface area contributed by atoms with Gasteiger partial charge >= 0.3 is 0 Å². The van der Waals surface area contributed by atoms with Gasteiger partial charge in [0.25, 0.3) is 0 Å². The van der Waals surface area contributed by atoms with E-state index in [2.05, 4.69) is 87.2 Å². The third-order valence-electron chi connectivity index (χ3n) is 7.49. The molecule has 2 aromatic carbocycles. The van der Waals surface area contributed by atoms with Gasteiger partial charge in [0, 0.05) is 30.9 Å². The van der Waals surface area contributed by atoms with Crippen LogP contribution in [0.15, 0.2) is 54.6 Å². The lowest BCUT2D eigenvalue weighted by molar-refractivity contribution is 0.172. The summed E-state index contributed by atoms with van der Waals surface area (Å²) in [5.41, 5.74) is 10.7. The molecular formula is C31H40N2. The first kappa shape index (κ1) is 23.7. The zero-order valence-electron chi connectivity index (χ0n) is 21.0. The minimum atomic E-state index is 0.872.